The summed E-state index contributed by atoms with van der Waals surface area (Å²) in [5.41, 5.74) is 1.32. The molecule has 16 heavy (non-hydrogen) atoms. The minimum atomic E-state index is -0.114. The molecule has 0 aromatic carbocycles. The molecular weight excluding hydrogens is 204 g/mol. The van der Waals surface area contributed by atoms with Gasteiger partial charge in [0.05, 0.1) is 18.5 Å². The Kier molecular flexibility index (Phi) is 2.96. The van der Waals surface area contributed by atoms with E-state index in [1.807, 2.05) is 19.9 Å². The molecule has 0 saturated carbocycles. The first kappa shape index (κ1) is 10.8. The lowest BCUT2D eigenvalue weighted by atomic mass is 10.2. The lowest BCUT2D eigenvalue weighted by molar-refractivity contribution is 0.275. The van der Waals surface area contributed by atoms with Crippen molar-refractivity contribution in [3.05, 3.63) is 36.2 Å². The molecule has 5 heteroatoms. The summed E-state index contributed by atoms with van der Waals surface area (Å²) in [6.07, 6.45) is 5.17. The molecular formula is C11H14N4O. The zero-order chi connectivity index (χ0) is 11.5. The van der Waals surface area contributed by atoms with Crippen molar-refractivity contribution in [2.75, 3.05) is 0 Å². The van der Waals surface area contributed by atoms with Crippen LogP contribution in [0, 0.1) is 0 Å². The minimum absolute atomic E-state index is 0.114. The van der Waals surface area contributed by atoms with Gasteiger partial charge in [-0.1, -0.05) is 13.8 Å². The van der Waals surface area contributed by atoms with Crippen LogP contribution in [0.3, 0.4) is 0 Å². The van der Waals surface area contributed by atoms with Crippen molar-refractivity contribution in [2.45, 2.75) is 26.4 Å². The molecule has 0 radical (unpaired) electrons. The van der Waals surface area contributed by atoms with E-state index in [0.29, 0.717) is 5.69 Å². The highest BCUT2D eigenvalue weighted by Gasteiger charge is 2.10. The van der Waals surface area contributed by atoms with E-state index in [0.717, 1.165) is 11.5 Å². The van der Waals surface area contributed by atoms with Gasteiger partial charge in [0.2, 0.25) is 0 Å². The van der Waals surface area contributed by atoms with Gasteiger partial charge in [0.1, 0.15) is 11.5 Å². The smallest absolute Gasteiger partial charge is 0.131 e. The maximum Gasteiger partial charge on any atom is 0.131 e. The minimum Gasteiger partial charge on any atom is -0.390 e. The third-order valence-corrected chi connectivity index (χ3v) is 2.28. The number of aromatic nitrogens is 4. The van der Waals surface area contributed by atoms with E-state index in [1.54, 1.807) is 23.3 Å². The molecule has 0 aliphatic heterocycles. The zero-order valence-electron chi connectivity index (χ0n) is 9.33. The summed E-state index contributed by atoms with van der Waals surface area (Å²) in [6, 6.07) is 1.82. The number of nitrogens with zero attached hydrogens (tertiary/aromatic N) is 4. The van der Waals surface area contributed by atoms with Crippen LogP contribution in [0.2, 0.25) is 0 Å². The Hall–Kier alpha value is -1.75. The van der Waals surface area contributed by atoms with Gasteiger partial charge in [-0.3, -0.25) is 0 Å². The van der Waals surface area contributed by atoms with Crippen LogP contribution in [0.5, 0.6) is 0 Å². The molecule has 2 aromatic rings. The highest BCUT2D eigenvalue weighted by atomic mass is 16.3. The Labute approximate surface area is 93.8 Å². The first-order chi connectivity index (χ1) is 7.72. The average Bonchev–Trinajstić information content (AvgIpc) is 2.81. The van der Waals surface area contributed by atoms with Gasteiger partial charge < -0.3 is 5.11 Å². The second-order valence-electron chi connectivity index (χ2n) is 3.82. The lowest BCUT2D eigenvalue weighted by Gasteiger charge is -2.09. The predicted octanol–water partition coefficient (Wildman–Crippen LogP) is 1.28. The van der Waals surface area contributed by atoms with Crippen molar-refractivity contribution in [1.29, 1.82) is 0 Å². The molecule has 0 atom stereocenters. The van der Waals surface area contributed by atoms with Gasteiger partial charge >= 0.3 is 0 Å². The van der Waals surface area contributed by atoms with E-state index in [9.17, 15) is 5.11 Å². The second kappa shape index (κ2) is 4.40. The first-order valence-electron chi connectivity index (χ1n) is 5.19. The highest BCUT2D eigenvalue weighted by molar-refractivity contribution is 5.33. The van der Waals surface area contributed by atoms with E-state index >= 15 is 0 Å². The molecule has 0 fully saturated rings. The Balaban J connectivity index is 2.47. The second-order valence-corrected chi connectivity index (χ2v) is 3.82. The molecule has 2 heterocycles. The van der Waals surface area contributed by atoms with Crippen molar-refractivity contribution in [3.8, 4) is 5.69 Å². The lowest BCUT2D eigenvalue weighted by Crippen LogP contribution is -2.08. The summed E-state index contributed by atoms with van der Waals surface area (Å²) in [4.78, 5) is 8.58. The zero-order valence-corrected chi connectivity index (χ0v) is 9.33. The topological polar surface area (TPSA) is 63.8 Å². The van der Waals surface area contributed by atoms with Crippen molar-refractivity contribution >= 4 is 0 Å². The fourth-order valence-corrected chi connectivity index (χ4v) is 1.42. The Morgan fingerprint density at radius 1 is 1.44 bits per heavy atom. The van der Waals surface area contributed by atoms with E-state index in [4.69, 9.17) is 0 Å². The fraction of sp³-hybridized carbons (Fsp3) is 0.364. The number of aliphatic hydroxyl groups is 1. The van der Waals surface area contributed by atoms with Crippen molar-refractivity contribution < 1.29 is 5.11 Å². The molecule has 0 unspecified atom stereocenters. The number of hydrogen-bond donors (Lipinski definition) is 1. The van der Waals surface area contributed by atoms with Crippen LogP contribution >= 0.6 is 0 Å². The number of aliphatic hydroxyl groups excluding tert-OH is 1. The molecule has 1 N–H and O–H groups in total. The molecule has 2 aromatic heterocycles. The summed E-state index contributed by atoms with van der Waals surface area (Å²) in [6.45, 7) is 3.92. The molecule has 0 spiro atoms. The SMILES string of the molecule is CC(C)c1ncc(-n2cccn2)c(CO)n1. The van der Waals surface area contributed by atoms with Crippen molar-refractivity contribution in [1.82, 2.24) is 19.7 Å². The molecule has 0 aliphatic carbocycles. The maximum absolute atomic E-state index is 9.29. The number of rotatable bonds is 3. The molecule has 2 rings (SSSR count). The fourth-order valence-electron chi connectivity index (χ4n) is 1.42. The van der Waals surface area contributed by atoms with E-state index in [-0.39, 0.29) is 12.5 Å². The van der Waals surface area contributed by atoms with E-state index in [2.05, 4.69) is 15.1 Å². The summed E-state index contributed by atoms with van der Waals surface area (Å²) < 4.78 is 1.65. The van der Waals surface area contributed by atoms with Gasteiger partial charge in [0.25, 0.3) is 0 Å². The third-order valence-electron chi connectivity index (χ3n) is 2.28. The third kappa shape index (κ3) is 1.94. The molecule has 0 aliphatic rings. The molecule has 84 valence electrons. The van der Waals surface area contributed by atoms with Gasteiger partial charge in [0.15, 0.2) is 0 Å². The van der Waals surface area contributed by atoms with Crippen LogP contribution in [0.4, 0.5) is 0 Å². The van der Waals surface area contributed by atoms with Crippen LogP contribution in [0.1, 0.15) is 31.3 Å². The average molecular weight is 218 g/mol. The van der Waals surface area contributed by atoms with Gasteiger partial charge in [-0.05, 0) is 6.07 Å². The quantitative estimate of drug-likeness (QED) is 0.842. The normalized spacial score (nSPS) is 11.0. The summed E-state index contributed by atoms with van der Waals surface area (Å²) in [7, 11) is 0. The summed E-state index contributed by atoms with van der Waals surface area (Å²) in [5, 5.41) is 13.4. The van der Waals surface area contributed by atoms with Gasteiger partial charge in [-0.15, -0.1) is 0 Å². The Morgan fingerprint density at radius 2 is 2.25 bits per heavy atom. The van der Waals surface area contributed by atoms with Crippen LogP contribution in [-0.4, -0.2) is 24.9 Å². The summed E-state index contributed by atoms with van der Waals surface area (Å²) >= 11 is 0. The molecule has 0 bridgehead atoms. The monoisotopic (exact) mass is 218 g/mol. The van der Waals surface area contributed by atoms with Gasteiger partial charge in [0, 0.05) is 18.3 Å². The Bertz CT molecular complexity index is 465. The van der Waals surface area contributed by atoms with E-state index < -0.39 is 0 Å². The van der Waals surface area contributed by atoms with Crippen LogP contribution in [-0.2, 0) is 6.61 Å². The largest absolute Gasteiger partial charge is 0.390 e. The van der Waals surface area contributed by atoms with Crippen molar-refractivity contribution in [2.24, 2.45) is 0 Å². The highest BCUT2D eigenvalue weighted by Crippen LogP contribution is 2.14. The Morgan fingerprint density at radius 3 is 2.81 bits per heavy atom. The molecule has 0 saturated heterocycles. The van der Waals surface area contributed by atoms with Crippen LogP contribution in [0.25, 0.3) is 5.69 Å². The molecule has 0 amide bonds. The molecule has 5 nitrogen and oxygen atoms in total. The van der Waals surface area contributed by atoms with Crippen LogP contribution < -0.4 is 0 Å². The van der Waals surface area contributed by atoms with Crippen molar-refractivity contribution in [3.63, 3.8) is 0 Å². The predicted molar refractivity (Wildman–Crippen MR) is 59.2 cm³/mol. The summed E-state index contributed by atoms with van der Waals surface area (Å²) in [5.74, 6) is 0.983. The number of hydrogen-bond acceptors (Lipinski definition) is 4. The maximum atomic E-state index is 9.29. The van der Waals surface area contributed by atoms with Crippen LogP contribution in [0.15, 0.2) is 24.7 Å². The van der Waals surface area contributed by atoms with E-state index in [1.165, 1.54) is 0 Å². The van der Waals surface area contributed by atoms with Gasteiger partial charge in [-0.25, -0.2) is 14.6 Å². The first-order valence-corrected chi connectivity index (χ1v) is 5.19. The van der Waals surface area contributed by atoms with Gasteiger partial charge in [-0.2, -0.15) is 5.10 Å². The standard InChI is InChI=1S/C11H14N4O/c1-8(2)11-12-6-10(9(7-16)14-11)15-5-3-4-13-15/h3-6,8,16H,7H2,1-2H3.